The Labute approximate surface area is 143 Å². The third kappa shape index (κ3) is 4.77. The van der Waals surface area contributed by atoms with E-state index >= 15 is 0 Å². The van der Waals surface area contributed by atoms with E-state index in [1.807, 2.05) is 44.2 Å². The summed E-state index contributed by atoms with van der Waals surface area (Å²) in [4.78, 5) is 20.4. The molecule has 0 saturated heterocycles. The Morgan fingerprint density at radius 1 is 1.32 bits per heavy atom. The highest BCUT2D eigenvalue weighted by atomic mass is 16.5. The Morgan fingerprint density at radius 2 is 2.00 bits per heavy atom. The molecule has 3 aromatic rings. The highest BCUT2D eigenvalue weighted by molar-refractivity contribution is 5.92. The quantitative estimate of drug-likeness (QED) is 0.627. The molecule has 0 aliphatic heterocycles. The van der Waals surface area contributed by atoms with Crippen LogP contribution >= 0.6 is 0 Å². The van der Waals surface area contributed by atoms with E-state index in [-0.39, 0.29) is 18.8 Å². The zero-order valence-corrected chi connectivity index (χ0v) is 13.8. The van der Waals surface area contributed by atoms with Gasteiger partial charge >= 0.3 is 0 Å². The number of anilines is 1. The molecule has 0 unspecified atom stereocenters. The van der Waals surface area contributed by atoms with Gasteiger partial charge in [0.2, 0.25) is 5.91 Å². The maximum Gasteiger partial charge on any atom is 0.290 e. The van der Waals surface area contributed by atoms with Gasteiger partial charge in [0.1, 0.15) is 5.76 Å². The van der Waals surface area contributed by atoms with Crippen molar-refractivity contribution in [1.29, 1.82) is 0 Å². The number of nitrogens with one attached hydrogen (secondary N) is 2. The van der Waals surface area contributed by atoms with Crippen molar-refractivity contribution in [2.75, 3.05) is 5.32 Å². The molecule has 0 aliphatic carbocycles. The van der Waals surface area contributed by atoms with Crippen LogP contribution in [0.1, 0.15) is 17.0 Å². The number of carbonyl (C=O) groups is 2. The van der Waals surface area contributed by atoms with Gasteiger partial charge in [-0.25, -0.2) is 0 Å². The number of amides is 1. The smallest absolute Gasteiger partial charge is 0.290 e. The fourth-order valence-corrected chi connectivity index (χ4v) is 2.24. The lowest BCUT2D eigenvalue weighted by molar-refractivity contribution is -0.123. The molecule has 1 aromatic carbocycles. The van der Waals surface area contributed by atoms with E-state index in [0.717, 1.165) is 22.5 Å². The molecule has 3 rings (SSSR count). The van der Waals surface area contributed by atoms with E-state index in [2.05, 4.69) is 20.7 Å². The van der Waals surface area contributed by atoms with Crippen molar-refractivity contribution < 1.29 is 19.2 Å². The molecular weight excluding hydrogens is 324 g/mol. The lowest BCUT2D eigenvalue weighted by Crippen LogP contribution is -2.15. The molecule has 2 aromatic heterocycles. The number of rotatable bonds is 4. The number of aryl methyl sites for hydroxylation is 1. The summed E-state index contributed by atoms with van der Waals surface area (Å²) in [6, 6.07) is 11.6. The van der Waals surface area contributed by atoms with Gasteiger partial charge in [0, 0.05) is 11.6 Å². The number of hydrogen-bond donors (Lipinski definition) is 3. The molecule has 8 nitrogen and oxygen atoms in total. The molecule has 0 radical (unpaired) electrons. The molecule has 0 spiro atoms. The maximum atomic E-state index is 12.0. The summed E-state index contributed by atoms with van der Waals surface area (Å²) in [6.07, 6.45) is 0.133. The van der Waals surface area contributed by atoms with Crippen molar-refractivity contribution in [3.8, 4) is 11.3 Å². The Kier molecular flexibility index (Phi) is 6.05. The Balaban J connectivity index is 0.000000701. The maximum absolute atomic E-state index is 12.0. The van der Waals surface area contributed by atoms with E-state index < -0.39 is 0 Å². The van der Waals surface area contributed by atoms with Gasteiger partial charge in [-0.15, -0.1) is 0 Å². The van der Waals surface area contributed by atoms with Gasteiger partial charge in [0.05, 0.1) is 17.8 Å². The first-order valence-electron chi connectivity index (χ1n) is 7.45. The first-order chi connectivity index (χ1) is 12.0. The van der Waals surface area contributed by atoms with Crippen LogP contribution in [0.4, 0.5) is 5.82 Å². The summed E-state index contributed by atoms with van der Waals surface area (Å²) < 4.78 is 5.04. The fraction of sp³-hybridized carbons (Fsp3) is 0.176. The molecule has 25 heavy (non-hydrogen) atoms. The van der Waals surface area contributed by atoms with Crippen LogP contribution in [0, 0.1) is 13.8 Å². The highest BCUT2D eigenvalue weighted by Gasteiger charge is 2.14. The molecule has 0 aliphatic rings. The van der Waals surface area contributed by atoms with Crippen LogP contribution in [0.15, 0.2) is 40.9 Å². The minimum absolute atomic E-state index is 0.133. The van der Waals surface area contributed by atoms with Crippen LogP contribution in [-0.4, -0.2) is 32.8 Å². The second kappa shape index (κ2) is 8.44. The molecule has 0 atom stereocenters. The molecule has 0 bridgehead atoms. The number of carbonyl (C=O) groups excluding carboxylic acids is 1. The molecule has 2 heterocycles. The minimum atomic E-state index is -0.250. The van der Waals surface area contributed by atoms with Gasteiger partial charge < -0.3 is 14.9 Å². The number of hydrogen-bond acceptors (Lipinski definition) is 5. The predicted molar refractivity (Wildman–Crippen MR) is 91.0 cm³/mol. The molecule has 0 saturated carbocycles. The Hall–Kier alpha value is -3.42. The SMILES string of the molecule is Cc1cc(CC(=O)Nc2n[nH]c(-c3ccccc3)c2C)on1.O=CO. The average molecular weight is 342 g/mol. The summed E-state index contributed by atoms with van der Waals surface area (Å²) in [5.41, 5.74) is 3.57. The number of aromatic nitrogens is 3. The van der Waals surface area contributed by atoms with Crippen LogP contribution in [0.25, 0.3) is 11.3 Å². The summed E-state index contributed by atoms with van der Waals surface area (Å²) in [6.45, 7) is 3.48. The summed E-state index contributed by atoms with van der Waals surface area (Å²) in [7, 11) is 0. The van der Waals surface area contributed by atoms with E-state index in [4.69, 9.17) is 14.4 Å². The molecule has 3 N–H and O–H groups in total. The van der Waals surface area contributed by atoms with Gasteiger partial charge in [0.15, 0.2) is 5.82 Å². The van der Waals surface area contributed by atoms with Gasteiger partial charge in [-0.3, -0.25) is 14.7 Å². The molecule has 1 amide bonds. The monoisotopic (exact) mass is 342 g/mol. The average Bonchev–Trinajstić information content (AvgIpc) is 3.15. The van der Waals surface area contributed by atoms with Crippen molar-refractivity contribution in [3.05, 3.63) is 53.4 Å². The van der Waals surface area contributed by atoms with E-state index in [1.54, 1.807) is 6.07 Å². The molecule has 130 valence electrons. The molecule has 8 heteroatoms. The number of H-pyrrole nitrogens is 1. The second-order valence-corrected chi connectivity index (χ2v) is 5.20. The largest absolute Gasteiger partial charge is 0.483 e. The van der Waals surface area contributed by atoms with Crippen molar-refractivity contribution in [2.24, 2.45) is 0 Å². The second-order valence-electron chi connectivity index (χ2n) is 5.20. The van der Waals surface area contributed by atoms with E-state index in [0.29, 0.717) is 11.6 Å². The van der Waals surface area contributed by atoms with Crippen LogP contribution in [0.3, 0.4) is 0 Å². The van der Waals surface area contributed by atoms with Crippen LogP contribution in [0.5, 0.6) is 0 Å². The summed E-state index contributed by atoms with van der Waals surface area (Å²) in [5.74, 6) is 0.872. The standard InChI is InChI=1S/C16H16N4O2.CH2O2/c1-10-8-13(22-20-10)9-14(21)17-16-11(2)15(18-19-16)12-6-4-3-5-7-12;2-1-3/h3-8H,9H2,1-2H3,(H2,17,18,19,21);1H,(H,2,3). The normalized spacial score (nSPS) is 9.84. The lowest BCUT2D eigenvalue weighted by Gasteiger charge is -2.02. The van der Waals surface area contributed by atoms with Gasteiger partial charge in [0.25, 0.3) is 6.47 Å². The van der Waals surface area contributed by atoms with E-state index in [9.17, 15) is 4.79 Å². The fourth-order valence-electron chi connectivity index (χ4n) is 2.24. The zero-order chi connectivity index (χ0) is 18.2. The van der Waals surface area contributed by atoms with Crippen LogP contribution in [-0.2, 0) is 16.0 Å². The van der Waals surface area contributed by atoms with Crippen molar-refractivity contribution in [3.63, 3.8) is 0 Å². The third-order valence-corrected chi connectivity index (χ3v) is 3.34. The first kappa shape index (κ1) is 17.9. The van der Waals surface area contributed by atoms with Crippen LogP contribution < -0.4 is 5.32 Å². The predicted octanol–water partition coefficient (Wildman–Crippen LogP) is 2.56. The van der Waals surface area contributed by atoms with Gasteiger partial charge in [-0.2, -0.15) is 5.10 Å². The molecular formula is C17H18N4O4. The Morgan fingerprint density at radius 3 is 2.60 bits per heavy atom. The number of nitrogens with zero attached hydrogens (tertiary/aromatic N) is 2. The van der Waals surface area contributed by atoms with Crippen LogP contribution in [0.2, 0.25) is 0 Å². The van der Waals surface area contributed by atoms with E-state index in [1.165, 1.54) is 0 Å². The topological polar surface area (TPSA) is 121 Å². The minimum Gasteiger partial charge on any atom is -0.483 e. The summed E-state index contributed by atoms with van der Waals surface area (Å²) in [5, 5.41) is 20.6. The van der Waals surface area contributed by atoms with Crippen molar-refractivity contribution in [1.82, 2.24) is 15.4 Å². The highest BCUT2D eigenvalue weighted by Crippen LogP contribution is 2.25. The van der Waals surface area contributed by atoms with Gasteiger partial charge in [-0.05, 0) is 19.4 Å². The first-order valence-corrected chi connectivity index (χ1v) is 7.45. The van der Waals surface area contributed by atoms with Crippen molar-refractivity contribution >= 4 is 18.2 Å². The lowest BCUT2D eigenvalue weighted by atomic mass is 10.1. The van der Waals surface area contributed by atoms with Gasteiger partial charge in [-0.1, -0.05) is 35.5 Å². The zero-order valence-electron chi connectivity index (χ0n) is 13.8. The Bertz CT molecular complexity index is 839. The third-order valence-electron chi connectivity index (χ3n) is 3.34. The number of aromatic amines is 1. The number of carboxylic acid groups (broad SMARTS) is 1. The van der Waals surface area contributed by atoms with Crippen molar-refractivity contribution in [2.45, 2.75) is 20.3 Å². The number of benzene rings is 1. The summed E-state index contributed by atoms with van der Waals surface area (Å²) >= 11 is 0. The molecule has 0 fully saturated rings.